The van der Waals surface area contributed by atoms with Crippen molar-refractivity contribution < 1.29 is 13.2 Å². The minimum Gasteiger partial charge on any atom is -0.383 e. The molecular weight excluding hydrogens is 300 g/mol. The van der Waals surface area contributed by atoms with Crippen molar-refractivity contribution in [3.63, 3.8) is 0 Å². The van der Waals surface area contributed by atoms with E-state index < -0.39 is 9.84 Å². The molecule has 1 aromatic rings. The first-order valence-electron chi connectivity index (χ1n) is 7.73. The highest BCUT2D eigenvalue weighted by molar-refractivity contribution is 7.90. The van der Waals surface area contributed by atoms with Crippen LogP contribution in [0, 0.1) is 0 Å². The molecular formula is C16H26N2O3S. The van der Waals surface area contributed by atoms with E-state index in [9.17, 15) is 8.42 Å². The van der Waals surface area contributed by atoms with Gasteiger partial charge < -0.3 is 10.1 Å². The van der Waals surface area contributed by atoms with Gasteiger partial charge in [0.15, 0.2) is 9.84 Å². The normalized spacial score (nSPS) is 17.7. The number of hydrogen-bond donors (Lipinski definition) is 1. The lowest BCUT2D eigenvalue weighted by Crippen LogP contribution is -2.43. The van der Waals surface area contributed by atoms with Crippen molar-refractivity contribution in [2.75, 3.05) is 39.6 Å². The summed E-state index contributed by atoms with van der Waals surface area (Å²) < 4.78 is 28.8. The summed E-state index contributed by atoms with van der Waals surface area (Å²) in [6.07, 6.45) is 3.45. The second kappa shape index (κ2) is 8.06. The second-order valence-corrected chi connectivity index (χ2v) is 7.86. The lowest BCUT2D eigenvalue weighted by molar-refractivity contribution is 0.168. The zero-order valence-electron chi connectivity index (χ0n) is 13.4. The topological polar surface area (TPSA) is 58.6 Å². The zero-order valence-corrected chi connectivity index (χ0v) is 14.2. The number of nitrogens with one attached hydrogen (secondary N) is 1. The molecule has 0 aliphatic carbocycles. The van der Waals surface area contributed by atoms with E-state index in [1.807, 2.05) is 12.1 Å². The third-order valence-corrected chi connectivity index (χ3v) is 5.29. The van der Waals surface area contributed by atoms with E-state index in [1.165, 1.54) is 6.26 Å². The summed E-state index contributed by atoms with van der Waals surface area (Å²) in [7, 11) is -1.45. The van der Waals surface area contributed by atoms with Crippen LogP contribution in [0.4, 0.5) is 0 Å². The van der Waals surface area contributed by atoms with Crippen LogP contribution in [0.2, 0.25) is 0 Å². The first-order valence-corrected chi connectivity index (χ1v) is 9.62. The minimum atomic E-state index is -3.16. The predicted octanol–water partition coefficient (Wildman–Crippen LogP) is 1.29. The fourth-order valence-electron chi connectivity index (χ4n) is 2.90. The molecule has 1 saturated heterocycles. The summed E-state index contributed by atoms with van der Waals surface area (Å²) >= 11 is 0. The number of methoxy groups -OCH3 is 1. The summed E-state index contributed by atoms with van der Waals surface area (Å²) in [6, 6.07) is 7.84. The van der Waals surface area contributed by atoms with E-state index in [2.05, 4.69) is 10.2 Å². The summed E-state index contributed by atoms with van der Waals surface area (Å²) in [5.74, 6) is 0. The highest BCUT2D eigenvalue weighted by Gasteiger charge is 2.20. The van der Waals surface area contributed by atoms with Crippen molar-refractivity contribution in [1.29, 1.82) is 0 Å². The standard InChI is InChI=1S/C16H26N2O3S/c1-21-12-9-17-15-7-10-18(11-8-15)13-14-5-3-4-6-16(14)22(2,19)20/h3-6,15,17H,7-13H2,1-2H3. The molecule has 0 bridgehead atoms. The van der Waals surface area contributed by atoms with E-state index in [0.717, 1.165) is 44.6 Å². The molecule has 22 heavy (non-hydrogen) atoms. The van der Waals surface area contributed by atoms with Gasteiger partial charge in [0.1, 0.15) is 0 Å². The second-order valence-electron chi connectivity index (χ2n) is 5.88. The SMILES string of the molecule is COCCNC1CCN(Cc2ccccc2S(C)(=O)=O)CC1. The lowest BCUT2D eigenvalue weighted by atomic mass is 10.0. The number of hydrogen-bond acceptors (Lipinski definition) is 5. The van der Waals surface area contributed by atoms with Gasteiger partial charge in [-0.3, -0.25) is 4.90 Å². The van der Waals surface area contributed by atoms with Crippen LogP contribution in [0.25, 0.3) is 0 Å². The zero-order chi connectivity index (χ0) is 16.0. The van der Waals surface area contributed by atoms with Crippen molar-refractivity contribution in [1.82, 2.24) is 10.2 Å². The smallest absolute Gasteiger partial charge is 0.175 e. The summed E-state index contributed by atoms with van der Waals surface area (Å²) in [6.45, 7) is 4.31. The molecule has 1 heterocycles. The number of sulfone groups is 1. The lowest BCUT2D eigenvalue weighted by Gasteiger charge is -2.32. The van der Waals surface area contributed by atoms with Gasteiger partial charge in [-0.2, -0.15) is 0 Å². The molecule has 0 unspecified atom stereocenters. The molecule has 124 valence electrons. The van der Waals surface area contributed by atoms with Crippen molar-refractivity contribution in [3.05, 3.63) is 29.8 Å². The maximum atomic E-state index is 11.9. The van der Waals surface area contributed by atoms with Crippen LogP contribution >= 0.6 is 0 Å². The van der Waals surface area contributed by atoms with E-state index in [0.29, 0.717) is 17.5 Å². The van der Waals surface area contributed by atoms with E-state index in [-0.39, 0.29) is 0 Å². The van der Waals surface area contributed by atoms with Gasteiger partial charge in [0, 0.05) is 32.5 Å². The van der Waals surface area contributed by atoms with Crippen LogP contribution in [0.3, 0.4) is 0 Å². The number of nitrogens with zero attached hydrogens (tertiary/aromatic N) is 1. The molecule has 0 atom stereocenters. The largest absolute Gasteiger partial charge is 0.383 e. The van der Waals surface area contributed by atoms with Crippen LogP contribution in [0.5, 0.6) is 0 Å². The Morgan fingerprint density at radius 3 is 2.59 bits per heavy atom. The Kier molecular flexibility index (Phi) is 6.37. The Labute approximate surface area is 133 Å². The first kappa shape index (κ1) is 17.4. The molecule has 0 radical (unpaired) electrons. The molecule has 6 heteroatoms. The van der Waals surface area contributed by atoms with E-state index >= 15 is 0 Å². The van der Waals surface area contributed by atoms with Crippen LogP contribution in [-0.2, 0) is 21.1 Å². The molecule has 1 fully saturated rings. The molecule has 5 nitrogen and oxygen atoms in total. The van der Waals surface area contributed by atoms with Crippen LogP contribution < -0.4 is 5.32 Å². The molecule has 0 amide bonds. The fraction of sp³-hybridized carbons (Fsp3) is 0.625. The number of benzene rings is 1. The third kappa shape index (κ3) is 5.05. The van der Waals surface area contributed by atoms with Crippen molar-refractivity contribution in [2.24, 2.45) is 0 Å². The van der Waals surface area contributed by atoms with Crippen LogP contribution in [0.1, 0.15) is 18.4 Å². The number of rotatable bonds is 7. The minimum absolute atomic E-state index is 0.454. The predicted molar refractivity (Wildman–Crippen MR) is 87.7 cm³/mol. The summed E-state index contributed by atoms with van der Waals surface area (Å²) in [5, 5.41) is 3.50. The van der Waals surface area contributed by atoms with Gasteiger partial charge in [-0.25, -0.2) is 8.42 Å². The van der Waals surface area contributed by atoms with Gasteiger partial charge in [0.25, 0.3) is 0 Å². The van der Waals surface area contributed by atoms with E-state index in [1.54, 1.807) is 19.2 Å². The summed E-state index contributed by atoms with van der Waals surface area (Å²) in [4.78, 5) is 2.79. The highest BCUT2D eigenvalue weighted by Crippen LogP contribution is 2.19. The molecule has 1 N–H and O–H groups in total. The average Bonchev–Trinajstić information content (AvgIpc) is 2.49. The molecule has 1 aliphatic heterocycles. The molecule has 2 rings (SSSR count). The Morgan fingerprint density at radius 1 is 1.27 bits per heavy atom. The van der Waals surface area contributed by atoms with Crippen molar-refractivity contribution >= 4 is 9.84 Å². The maximum absolute atomic E-state index is 11.9. The summed E-state index contributed by atoms with van der Waals surface area (Å²) in [5.41, 5.74) is 0.899. The number of piperidine rings is 1. The van der Waals surface area contributed by atoms with Gasteiger partial charge in [0.05, 0.1) is 11.5 Å². The van der Waals surface area contributed by atoms with E-state index in [4.69, 9.17) is 4.74 Å². The monoisotopic (exact) mass is 326 g/mol. The van der Waals surface area contributed by atoms with Crippen molar-refractivity contribution in [3.8, 4) is 0 Å². The van der Waals surface area contributed by atoms with Crippen LogP contribution in [-0.4, -0.2) is 59.0 Å². The Morgan fingerprint density at radius 2 is 1.95 bits per heavy atom. The Hall–Kier alpha value is -0.950. The maximum Gasteiger partial charge on any atom is 0.175 e. The Balaban J connectivity index is 1.89. The molecule has 0 spiro atoms. The van der Waals surface area contributed by atoms with Gasteiger partial charge in [0.2, 0.25) is 0 Å². The average molecular weight is 326 g/mol. The van der Waals surface area contributed by atoms with Gasteiger partial charge in [-0.1, -0.05) is 18.2 Å². The van der Waals surface area contributed by atoms with Crippen LogP contribution in [0.15, 0.2) is 29.2 Å². The van der Waals surface area contributed by atoms with Gasteiger partial charge >= 0.3 is 0 Å². The highest BCUT2D eigenvalue weighted by atomic mass is 32.2. The molecule has 1 aliphatic rings. The molecule has 0 saturated carbocycles. The van der Waals surface area contributed by atoms with Gasteiger partial charge in [-0.05, 0) is 37.6 Å². The quantitative estimate of drug-likeness (QED) is 0.765. The van der Waals surface area contributed by atoms with Gasteiger partial charge in [-0.15, -0.1) is 0 Å². The van der Waals surface area contributed by atoms with Crippen molar-refractivity contribution in [2.45, 2.75) is 30.3 Å². The molecule has 0 aromatic heterocycles. The first-order chi connectivity index (χ1) is 10.5. The third-order valence-electron chi connectivity index (χ3n) is 4.09. The number of likely N-dealkylation sites (tertiary alicyclic amines) is 1. The molecule has 1 aromatic carbocycles. The number of ether oxygens (including phenoxy) is 1. The fourth-order valence-corrected chi connectivity index (χ4v) is 3.83. The Bertz CT molecular complexity index is 567.